The summed E-state index contributed by atoms with van der Waals surface area (Å²) >= 11 is 9.03. The lowest BCUT2D eigenvalue weighted by atomic mass is 10.1. The molecule has 0 bridgehead atoms. The Morgan fingerprint density at radius 3 is 2.77 bits per heavy atom. The van der Waals surface area contributed by atoms with Crippen molar-refractivity contribution in [1.82, 2.24) is 0 Å². The third-order valence-corrected chi connectivity index (χ3v) is 2.73. The molecule has 0 saturated carbocycles. The highest BCUT2D eigenvalue weighted by molar-refractivity contribution is 9.10. The molecule has 0 unspecified atom stereocenters. The maximum absolute atomic E-state index is 10.5. The molecule has 0 amide bonds. The van der Waals surface area contributed by atoms with Crippen LogP contribution in [0.3, 0.4) is 0 Å². The molecule has 1 aromatic carbocycles. The summed E-state index contributed by atoms with van der Waals surface area (Å²) in [6.45, 7) is 0. The molecular formula is C8H7BrClNO2. The lowest BCUT2D eigenvalue weighted by molar-refractivity contribution is -0.136. The Balaban J connectivity index is 3.17. The number of nitrogen functional groups attached to an aromatic ring is 1. The summed E-state index contributed by atoms with van der Waals surface area (Å²) in [7, 11) is 0. The molecule has 3 nitrogen and oxygen atoms in total. The van der Waals surface area contributed by atoms with E-state index in [1.165, 1.54) is 0 Å². The maximum atomic E-state index is 10.5. The van der Waals surface area contributed by atoms with Gasteiger partial charge in [-0.1, -0.05) is 27.5 Å². The number of halogens is 2. The Labute approximate surface area is 88.6 Å². The van der Waals surface area contributed by atoms with Crippen LogP contribution >= 0.6 is 27.5 Å². The van der Waals surface area contributed by atoms with Crippen molar-refractivity contribution in [1.29, 1.82) is 0 Å². The van der Waals surface area contributed by atoms with E-state index < -0.39 is 5.97 Å². The van der Waals surface area contributed by atoms with E-state index in [0.29, 0.717) is 20.7 Å². The number of hydrogen-bond acceptors (Lipinski definition) is 2. The van der Waals surface area contributed by atoms with Crippen molar-refractivity contribution >= 4 is 39.2 Å². The zero-order chi connectivity index (χ0) is 10.0. The number of benzene rings is 1. The Kier molecular flexibility index (Phi) is 3.17. The molecule has 70 valence electrons. The summed E-state index contributed by atoms with van der Waals surface area (Å²) < 4.78 is 0.661. The first-order valence-electron chi connectivity index (χ1n) is 3.46. The number of hydrogen-bond donors (Lipinski definition) is 2. The molecule has 0 heterocycles. The van der Waals surface area contributed by atoms with Crippen LogP contribution in [0.5, 0.6) is 0 Å². The van der Waals surface area contributed by atoms with Crippen LogP contribution in [-0.4, -0.2) is 11.1 Å². The van der Waals surface area contributed by atoms with Gasteiger partial charge in [0.15, 0.2) is 0 Å². The molecule has 0 aliphatic rings. The molecule has 0 atom stereocenters. The molecule has 5 heteroatoms. The van der Waals surface area contributed by atoms with E-state index in [4.69, 9.17) is 22.4 Å². The summed E-state index contributed by atoms with van der Waals surface area (Å²) in [6.07, 6.45) is -0.134. The zero-order valence-electron chi connectivity index (χ0n) is 6.55. The molecule has 1 rings (SSSR count). The number of carbonyl (C=O) groups is 1. The van der Waals surface area contributed by atoms with E-state index in [9.17, 15) is 4.79 Å². The minimum atomic E-state index is -0.937. The van der Waals surface area contributed by atoms with Gasteiger partial charge in [-0.25, -0.2) is 0 Å². The third kappa shape index (κ3) is 2.35. The average molecular weight is 265 g/mol. The van der Waals surface area contributed by atoms with Crippen molar-refractivity contribution in [2.24, 2.45) is 0 Å². The predicted molar refractivity (Wildman–Crippen MR) is 54.9 cm³/mol. The van der Waals surface area contributed by atoms with Crippen molar-refractivity contribution in [3.8, 4) is 0 Å². The van der Waals surface area contributed by atoms with Crippen molar-refractivity contribution in [2.45, 2.75) is 6.42 Å². The first-order valence-corrected chi connectivity index (χ1v) is 4.63. The highest BCUT2D eigenvalue weighted by atomic mass is 79.9. The van der Waals surface area contributed by atoms with Crippen molar-refractivity contribution in [3.05, 3.63) is 27.2 Å². The van der Waals surface area contributed by atoms with Gasteiger partial charge in [0.25, 0.3) is 0 Å². The number of rotatable bonds is 2. The van der Waals surface area contributed by atoms with Crippen LogP contribution in [0.2, 0.25) is 5.02 Å². The fraction of sp³-hybridized carbons (Fsp3) is 0.125. The second-order valence-electron chi connectivity index (χ2n) is 2.50. The molecule has 3 N–H and O–H groups in total. The van der Waals surface area contributed by atoms with Gasteiger partial charge in [-0.15, -0.1) is 0 Å². The quantitative estimate of drug-likeness (QED) is 0.806. The van der Waals surface area contributed by atoms with Gasteiger partial charge in [-0.05, 0) is 17.7 Å². The van der Waals surface area contributed by atoms with E-state index in [-0.39, 0.29) is 6.42 Å². The summed E-state index contributed by atoms with van der Waals surface area (Å²) in [5, 5.41) is 8.89. The van der Waals surface area contributed by atoms with Crippen LogP contribution in [0.1, 0.15) is 5.56 Å². The van der Waals surface area contributed by atoms with Gasteiger partial charge in [0.1, 0.15) is 0 Å². The summed E-state index contributed by atoms with van der Waals surface area (Å²) in [5.41, 5.74) is 6.42. The molecule has 0 fully saturated rings. The van der Waals surface area contributed by atoms with Crippen LogP contribution in [0.15, 0.2) is 16.6 Å². The van der Waals surface area contributed by atoms with Crippen LogP contribution in [0.25, 0.3) is 0 Å². The molecule has 0 spiro atoms. The van der Waals surface area contributed by atoms with Gasteiger partial charge in [0, 0.05) is 4.47 Å². The SMILES string of the molecule is Nc1ccc(Br)c(CC(=O)O)c1Cl. The third-order valence-electron chi connectivity index (χ3n) is 1.54. The van der Waals surface area contributed by atoms with Crippen LogP contribution in [-0.2, 0) is 11.2 Å². The molecule has 0 aromatic heterocycles. The summed E-state index contributed by atoms with van der Waals surface area (Å²) in [6, 6.07) is 3.30. The van der Waals surface area contributed by atoms with Gasteiger partial charge in [-0.3, -0.25) is 4.79 Å². The fourth-order valence-electron chi connectivity index (χ4n) is 0.929. The number of nitrogens with two attached hydrogens (primary N) is 1. The van der Waals surface area contributed by atoms with E-state index in [1.807, 2.05) is 0 Å². The highest BCUT2D eigenvalue weighted by Crippen LogP contribution is 2.30. The fourth-order valence-corrected chi connectivity index (χ4v) is 1.75. The molecule has 13 heavy (non-hydrogen) atoms. The maximum Gasteiger partial charge on any atom is 0.307 e. The topological polar surface area (TPSA) is 63.3 Å². The molecule has 0 radical (unpaired) electrons. The standard InChI is InChI=1S/C8H7BrClNO2/c9-5-1-2-6(11)8(10)4(5)3-7(12)13/h1-2H,3,11H2,(H,12,13). The number of carboxylic acids is 1. The number of aliphatic carboxylic acids is 1. The van der Waals surface area contributed by atoms with Crippen LogP contribution < -0.4 is 5.73 Å². The predicted octanol–water partition coefficient (Wildman–Crippen LogP) is 2.31. The molecule has 1 aromatic rings. The Bertz CT molecular complexity index is 354. The normalized spacial score (nSPS) is 10.0. The summed E-state index contributed by atoms with van der Waals surface area (Å²) in [5.74, 6) is -0.937. The molecule has 0 saturated heterocycles. The first-order chi connectivity index (χ1) is 6.02. The Morgan fingerprint density at radius 1 is 1.62 bits per heavy atom. The van der Waals surface area contributed by atoms with Gasteiger partial charge >= 0.3 is 5.97 Å². The zero-order valence-corrected chi connectivity index (χ0v) is 8.89. The van der Waals surface area contributed by atoms with Crippen LogP contribution in [0, 0.1) is 0 Å². The summed E-state index contributed by atoms with van der Waals surface area (Å²) in [4.78, 5) is 10.5. The lowest BCUT2D eigenvalue weighted by Crippen LogP contribution is -2.03. The van der Waals surface area contributed by atoms with Gasteiger partial charge in [0.05, 0.1) is 17.1 Å². The van der Waals surface area contributed by atoms with Crippen molar-refractivity contribution in [2.75, 3.05) is 5.73 Å². The van der Waals surface area contributed by atoms with E-state index in [2.05, 4.69) is 15.9 Å². The van der Waals surface area contributed by atoms with Gasteiger partial charge < -0.3 is 10.8 Å². The average Bonchev–Trinajstić information content (AvgIpc) is 2.05. The Hall–Kier alpha value is -0.740. The van der Waals surface area contributed by atoms with Gasteiger partial charge in [-0.2, -0.15) is 0 Å². The second-order valence-corrected chi connectivity index (χ2v) is 3.73. The number of carboxylic acid groups (broad SMARTS) is 1. The van der Waals surface area contributed by atoms with Gasteiger partial charge in [0.2, 0.25) is 0 Å². The van der Waals surface area contributed by atoms with Crippen molar-refractivity contribution in [3.63, 3.8) is 0 Å². The minimum Gasteiger partial charge on any atom is -0.481 e. The monoisotopic (exact) mass is 263 g/mol. The number of anilines is 1. The van der Waals surface area contributed by atoms with E-state index in [0.717, 1.165) is 0 Å². The molecule has 0 aliphatic carbocycles. The lowest BCUT2D eigenvalue weighted by Gasteiger charge is -2.06. The van der Waals surface area contributed by atoms with E-state index >= 15 is 0 Å². The first kappa shape index (κ1) is 10.3. The van der Waals surface area contributed by atoms with E-state index in [1.54, 1.807) is 12.1 Å². The van der Waals surface area contributed by atoms with Crippen LogP contribution in [0.4, 0.5) is 5.69 Å². The molecular weight excluding hydrogens is 257 g/mol. The Morgan fingerprint density at radius 2 is 2.23 bits per heavy atom. The largest absolute Gasteiger partial charge is 0.481 e. The smallest absolute Gasteiger partial charge is 0.307 e. The minimum absolute atomic E-state index is 0.134. The molecule has 0 aliphatic heterocycles. The van der Waals surface area contributed by atoms with Crippen molar-refractivity contribution < 1.29 is 9.90 Å². The highest BCUT2D eigenvalue weighted by Gasteiger charge is 2.11. The second kappa shape index (κ2) is 3.98.